The maximum Gasteiger partial charge on any atom is 0.260 e. The Balaban J connectivity index is 1.55. The van der Waals surface area contributed by atoms with E-state index < -0.39 is 0 Å². The van der Waals surface area contributed by atoms with Crippen LogP contribution in [0, 0.1) is 0 Å². The van der Waals surface area contributed by atoms with E-state index in [9.17, 15) is 4.79 Å². The maximum atomic E-state index is 12.6. The number of carbonyl (C=O) groups excluding carboxylic acids is 1. The Morgan fingerprint density at radius 1 is 1.00 bits per heavy atom. The molecule has 0 spiro atoms. The van der Waals surface area contributed by atoms with E-state index in [0.29, 0.717) is 10.0 Å². The number of halogens is 2. The van der Waals surface area contributed by atoms with Crippen LogP contribution in [0.25, 0.3) is 0 Å². The highest BCUT2D eigenvalue weighted by molar-refractivity contribution is 7.99. The molecular formula is C21H15Cl2N3OS. The largest absolute Gasteiger partial charge is 0.330 e. The molecule has 28 heavy (non-hydrogen) atoms. The Kier molecular flexibility index (Phi) is 5.57. The van der Waals surface area contributed by atoms with Crippen molar-refractivity contribution in [3.05, 3.63) is 82.3 Å². The molecule has 140 valence electrons. The number of para-hydroxylation sites is 1. The highest BCUT2D eigenvalue weighted by Gasteiger charge is 2.25. The molecule has 0 unspecified atom stereocenters. The molecule has 4 nitrogen and oxygen atoms in total. The highest BCUT2D eigenvalue weighted by Crippen LogP contribution is 2.48. The van der Waals surface area contributed by atoms with Crippen molar-refractivity contribution in [1.29, 1.82) is 0 Å². The molecule has 3 aromatic rings. The number of nitrogens with one attached hydrogen (secondary N) is 1. The van der Waals surface area contributed by atoms with E-state index in [-0.39, 0.29) is 12.5 Å². The van der Waals surface area contributed by atoms with Crippen LogP contribution in [0.4, 0.5) is 11.4 Å². The number of amides is 1. The van der Waals surface area contributed by atoms with Gasteiger partial charge >= 0.3 is 0 Å². The van der Waals surface area contributed by atoms with E-state index in [1.54, 1.807) is 17.8 Å². The number of hydrogen-bond donors (Lipinski definition) is 1. The first-order valence-electron chi connectivity index (χ1n) is 8.52. The zero-order valence-corrected chi connectivity index (χ0v) is 16.9. The van der Waals surface area contributed by atoms with E-state index >= 15 is 0 Å². The van der Waals surface area contributed by atoms with Gasteiger partial charge < -0.3 is 4.90 Å². The molecule has 0 fully saturated rings. The molecule has 1 amide bonds. The number of carbonyl (C=O) groups is 1. The van der Waals surface area contributed by atoms with Crippen molar-refractivity contribution in [3.8, 4) is 0 Å². The molecule has 0 atom stereocenters. The lowest BCUT2D eigenvalue weighted by molar-refractivity contribution is -0.119. The van der Waals surface area contributed by atoms with E-state index in [0.717, 1.165) is 26.7 Å². The van der Waals surface area contributed by atoms with Crippen molar-refractivity contribution >= 4 is 58.5 Å². The lowest BCUT2D eigenvalue weighted by atomic mass is 10.2. The summed E-state index contributed by atoms with van der Waals surface area (Å²) < 4.78 is 0. The van der Waals surface area contributed by atoms with E-state index in [4.69, 9.17) is 23.2 Å². The first-order chi connectivity index (χ1) is 13.6. The Labute approximate surface area is 177 Å². The van der Waals surface area contributed by atoms with E-state index in [2.05, 4.69) is 10.5 Å². The van der Waals surface area contributed by atoms with Crippen LogP contribution in [-0.4, -0.2) is 18.7 Å². The monoisotopic (exact) mass is 427 g/mol. The minimum atomic E-state index is -0.240. The molecule has 0 aromatic heterocycles. The standard InChI is InChI=1S/C21H15Cl2N3OS/c22-15-9-10-20-18(11-15)26(17-7-3-4-8-19(17)28-20)13-21(27)25-24-12-14-5-1-2-6-16(14)23/h1-12H,13H2,(H,25,27)/b24-12+. The quantitative estimate of drug-likeness (QED) is 0.425. The summed E-state index contributed by atoms with van der Waals surface area (Å²) in [5.74, 6) is -0.240. The van der Waals surface area contributed by atoms with Crippen LogP contribution < -0.4 is 10.3 Å². The molecule has 3 aromatic carbocycles. The lowest BCUT2D eigenvalue weighted by Crippen LogP contribution is -2.33. The number of anilines is 2. The average Bonchev–Trinajstić information content (AvgIpc) is 2.70. The van der Waals surface area contributed by atoms with Crippen molar-refractivity contribution in [2.24, 2.45) is 5.10 Å². The van der Waals surface area contributed by atoms with Crippen LogP contribution >= 0.6 is 35.0 Å². The summed E-state index contributed by atoms with van der Waals surface area (Å²) in [6.07, 6.45) is 1.53. The molecule has 0 aliphatic carbocycles. The number of nitrogens with zero attached hydrogens (tertiary/aromatic N) is 2. The molecule has 0 bridgehead atoms. The van der Waals surface area contributed by atoms with Crippen LogP contribution in [0.3, 0.4) is 0 Å². The Morgan fingerprint density at radius 3 is 2.61 bits per heavy atom. The first-order valence-corrected chi connectivity index (χ1v) is 10.1. The second kappa shape index (κ2) is 8.27. The van der Waals surface area contributed by atoms with E-state index in [1.165, 1.54) is 6.21 Å². The maximum absolute atomic E-state index is 12.6. The number of rotatable bonds is 4. The number of fused-ring (bicyclic) bond motifs is 2. The van der Waals surface area contributed by atoms with Gasteiger partial charge in [-0.1, -0.05) is 65.3 Å². The molecular weight excluding hydrogens is 413 g/mol. The number of hydrazone groups is 1. The summed E-state index contributed by atoms with van der Waals surface area (Å²) in [6, 6.07) is 21.0. The van der Waals surface area contributed by atoms with Gasteiger partial charge in [-0.2, -0.15) is 5.10 Å². The van der Waals surface area contributed by atoms with Gasteiger partial charge in [0.15, 0.2) is 0 Å². The fourth-order valence-electron chi connectivity index (χ4n) is 2.91. The van der Waals surface area contributed by atoms with Gasteiger partial charge in [0.25, 0.3) is 5.91 Å². The fourth-order valence-corrected chi connectivity index (χ4v) is 4.33. The second-order valence-electron chi connectivity index (χ2n) is 6.08. The Bertz CT molecular complexity index is 1070. The van der Waals surface area contributed by atoms with Crippen LogP contribution in [0.15, 0.2) is 81.6 Å². The third-order valence-electron chi connectivity index (χ3n) is 4.19. The van der Waals surface area contributed by atoms with Gasteiger partial charge in [-0.05, 0) is 36.4 Å². The van der Waals surface area contributed by atoms with Gasteiger partial charge in [0.2, 0.25) is 0 Å². The second-order valence-corrected chi connectivity index (χ2v) is 8.01. The number of benzene rings is 3. The summed E-state index contributed by atoms with van der Waals surface area (Å²) in [4.78, 5) is 16.6. The van der Waals surface area contributed by atoms with Gasteiger partial charge in [0.05, 0.1) is 17.6 Å². The van der Waals surface area contributed by atoms with Gasteiger partial charge in [-0.3, -0.25) is 4.79 Å². The molecule has 4 rings (SSSR count). The summed E-state index contributed by atoms with van der Waals surface area (Å²) >= 11 is 14.0. The number of hydrogen-bond acceptors (Lipinski definition) is 4. The van der Waals surface area contributed by atoms with Crippen molar-refractivity contribution in [3.63, 3.8) is 0 Å². The predicted molar refractivity (Wildman–Crippen MR) is 116 cm³/mol. The lowest BCUT2D eigenvalue weighted by Gasteiger charge is -2.32. The van der Waals surface area contributed by atoms with Crippen LogP contribution in [0.2, 0.25) is 10.0 Å². The zero-order valence-electron chi connectivity index (χ0n) is 14.6. The zero-order chi connectivity index (χ0) is 19.5. The van der Waals surface area contributed by atoms with Gasteiger partial charge in [-0.15, -0.1) is 0 Å². The molecule has 0 saturated heterocycles. The summed E-state index contributed by atoms with van der Waals surface area (Å²) in [5, 5.41) is 5.23. The van der Waals surface area contributed by atoms with Crippen LogP contribution in [0.5, 0.6) is 0 Å². The molecule has 1 aliphatic rings. The van der Waals surface area contributed by atoms with Crippen molar-refractivity contribution in [2.75, 3.05) is 11.4 Å². The minimum Gasteiger partial charge on any atom is -0.330 e. The first kappa shape index (κ1) is 18.9. The molecule has 1 heterocycles. The van der Waals surface area contributed by atoms with Gasteiger partial charge in [0, 0.05) is 25.4 Å². The normalized spacial score (nSPS) is 12.6. The van der Waals surface area contributed by atoms with Gasteiger partial charge in [0.1, 0.15) is 6.54 Å². The summed E-state index contributed by atoms with van der Waals surface area (Å²) in [5.41, 5.74) is 5.18. The molecule has 1 N–H and O–H groups in total. The van der Waals surface area contributed by atoms with Crippen LogP contribution in [0.1, 0.15) is 5.56 Å². The molecule has 0 radical (unpaired) electrons. The molecule has 1 aliphatic heterocycles. The SMILES string of the molecule is O=C(CN1c2ccccc2Sc2ccc(Cl)cc21)N/N=C/c1ccccc1Cl. The minimum absolute atomic E-state index is 0.116. The Hall–Kier alpha value is -2.47. The third-order valence-corrected chi connectivity index (χ3v) is 5.90. The third kappa shape index (κ3) is 4.02. The average molecular weight is 428 g/mol. The fraction of sp³-hybridized carbons (Fsp3) is 0.0476. The summed E-state index contributed by atoms with van der Waals surface area (Å²) in [6.45, 7) is 0.116. The smallest absolute Gasteiger partial charge is 0.260 e. The summed E-state index contributed by atoms with van der Waals surface area (Å²) in [7, 11) is 0. The highest BCUT2D eigenvalue weighted by atomic mass is 35.5. The van der Waals surface area contributed by atoms with Crippen molar-refractivity contribution in [2.45, 2.75) is 9.79 Å². The molecule has 0 saturated carbocycles. The Morgan fingerprint density at radius 2 is 1.75 bits per heavy atom. The van der Waals surface area contributed by atoms with E-state index in [1.807, 2.05) is 65.6 Å². The predicted octanol–water partition coefficient (Wildman–Crippen LogP) is 5.75. The van der Waals surface area contributed by atoms with Crippen molar-refractivity contribution in [1.82, 2.24) is 5.43 Å². The topological polar surface area (TPSA) is 44.7 Å². The van der Waals surface area contributed by atoms with Crippen LogP contribution in [-0.2, 0) is 4.79 Å². The molecule has 7 heteroatoms. The van der Waals surface area contributed by atoms with Gasteiger partial charge in [-0.25, -0.2) is 5.43 Å². The van der Waals surface area contributed by atoms with Crippen molar-refractivity contribution < 1.29 is 4.79 Å².